The number of rotatable bonds is 8. The van der Waals surface area contributed by atoms with Crippen LogP contribution in [0.2, 0.25) is 0 Å². The number of amides is 1. The van der Waals surface area contributed by atoms with Crippen molar-refractivity contribution in [2.75, 3.05) is 20.2 Å². The molecule has 5 rings (SSSR count). The first-order chi connectivity index (χ1) is 21.0. The zero-order valence-corrected chi connectivity index (χ0v) is 25.2. The zero-order chi connectivity index (χ0) is 31.6. The van der Waals surface area contributed by atoms with Crippen molar-refractivity contribution in [3.63, 3.8) is 0 Å². The van der Waals surface area contributed by atoms with Gasteiger partial charge in [-0.15, -0.1) is 11.3 Å². The number of piperidine rings is 1. The van der Waals surface area contributed by atoms with E-state index in [0.717, 1.165) is 40.1 Å². The van der Waals surface area contributed by atoms with Crippen LogP contribution in [0.3, 0.4) is 0 Å². The lowest BCUT2D eigenvalue weighted by Crippen LogP contribution is -2.37. The van der Waals surface area contributed by atoms with Crippen molar-refractivity contribution in [1.29, 1.82) is 0 Å². The van der Waals surface area contributed by atoms with E-state index in [2.05, 4.69) is 16.1 Å². The number of aromatic carboxylic acids is 1. The van der Waals surface area contributed by atoms with Gasteiger partial charge in [0.2, 0.25) is 0 Å². The number of halogens is 3. The first-order valence-electron chi connectivity index (χ1n) is 14.0. The van der Waals surface area contributed by atoms with Gasteiger partial charge in [-0.25, -0.2) is 19.3 Å². The molecule has 0 bridgehead atoms. The van der Waals surface area contributed by atoms with Crippen molar-refractivity contribution >= 4 is 23.4 Å². The number of aryl methyl sites for hydroxylation is 2. The number of carboxylic acid groups (broad SMARTS) is 1. The summed E-state index contributed by atoms with van der Waals surface area (Å²) in [5.41, 5.74) is 1.07. The van der Waals surface area contributed by atoms with Crippen molar-refractivity contribution in [3.05, 3.63) is 81.5 Å². The molecule has 0 unspecified atom stereocenters. The highest BCUT2D eigenvalue weighted by Gasteiger charge is 2.41. The van der Waals surface area contributed by atoms with Crippen molar-refractivity contribution in [1.82, 2.24) is 19.7 Å². The molecule has 0 aliphatic carbocycles. The van der Waals surface area contributed by atoms with E-state index in [0.29, 0.717) is 41.3 Å². The molecule has 4 heterocycles. The minimum absolute atomic E-state index is 0.149. The summed E-state index contributed by atoms with van der Waals surface area (Å²) in [6, 6.07) is 12.7. The highest BCUT2D eigenvalue weighted by molar-refractivity contribution is 7.15. The molecule has 1 aromatic carbocycles. The Balaban J connectivity index is 1.36. The molecule has 1 aliphatic rings. The Morgan fingerprint density at radius 2 is 1.89 bits per heavy atom. The Kier molecular flexibility index (Phi) is 8.95. The van der Waals surface area contributed by atoms with Gasteiger partial charge in [0.25, 0.3) is 0 Å². The van der Waals surface area contributed by atoms with Crippen molar-refractivity contribution in [2.45, 2.75) is 51.8 Å². The third-order valence-corrected chi connectivity index (χ3v) is 8.99. The summed E-state index contributed by atoms with van der Waals surface area (Å²) in [7, 11) is 1.39. The lowest BCUT2D eigenvalue weighted by atomic mass is 9.88. The lowest BCUT2D eigenvalue weighted by molar-refractivity contribution is -0.143. The molecule has 0 atom stereocenters. The number of benzene rings is 1. The summed E-state index contributed by atoms with van der Waals surface area (Å²) in [4.78, 5) is 31.2. The lowest BCUT2D eigenvalue weighted by Gasteiger charge is -2.31. The summed E-state index contributed by atoms with van der Waals surface area (Å²) in [6.07, 6.45) is -2.13. The molecule has 9 nitrogen and oxygen atoms in total. The molecule has 1 aliphatic heterocycles. The highest BCUT2D eigenvalue weighted by atomic mass is 32.1. The number of alkyl halides is 3. The van der Waals surface area contributed by atoms with Crippen LogP contribution in [-0.4, -0.2) is 57.0 Å². The molecule has 13 heteroatoms. The van der Waals surface area contributed by atoms with Crippen LogP contribution in [0, 0.1) is 6.92 Å². The molecule has 44 heavy (non-hydrogen) atoms. The monoisotopic (exact) mass is 628 g/mol. The smallest absolute Gasteiger partial charge is 0.434 e. The minimum Gasteiger partial charge on any atom is -0.489 e. The van der Waals surface area contributed by atoms with Crippen LogP contribution in [0.25, 0.3) is 16.4 Å². The number of thiophene rings is 1. The highest BCUT2D eigenvalue weighted by Crippen LogP contribution is 2.37. The third kappa shape index (κ3) is 6.42. The van der Waals surface area contributed by atoms with E-state index in [-0.39, 0.29) is 18.5 Å². The molecule has 0 saturated carbocycles. The Morgan fingerprint density at radius 1 is 1.14 bits per heavy atom. The summed E-state index contributed by atoms with van der Waals surface area (Å²) in [6.45, 7) is 5.49. The molecule has 4 aromatic rings. The number of carboxylic acids is 1. The van der Waals surface area contributed by atoms with Gasteiger partial charge < -0.3 is 19.5 Å². The average Bonchev–Trinajstić information content (AvgIpc) is 3.66. The number of ether oxygens (including phenoxy) is 2. The average molecular weight is 629 g/mol. The van der Waals surface area contributed by atoms with Crippen LogP contribution < -0.4 is 4.74 Å². The van der Waals surface area contributed by atoms with Crippen LogP contribution >= 0.6 is 11.3 Å². The Labute approximate surface area is 255 Å². The fraction of sp³-hybridized carbons (Fsp3) is 0.355. The molecule has 3 aromatic heterocycles. The second-order valence-corrected chi connectivity index (χ2v) is 11.6. The fourth-order valence-electron chi connectivity index (χ4n) is 5.37. The topological polar surface area (TPSA) is 107 Å². The van der Waals surface area contributed by atoms with E-state index < -0.39 is 23.4 Å². The summed E-state index contributed by atoms with van der Waals surface area (Å²) < 4.78 is 53.0. The number of carbonyl (C=O) groups is 2. The fourth-order valence-corrected chi connectivity index (χ4v) is 6.45. The normalized spacial score (nSPS) is 14.1. The first kappa shape index (κ1) is 31.0. The van der Waals surface area contributed by atoms with Crippen LogP contribution in [0.15, 0.2) is 48.7 Å². The maximum Gasteiger partial charge on any atom is 0.434 e. The van der Waals surface area contributed by atoms with Gasteiger partial charge in [0, 0.05) is 23.5 Å². The maximum absolute atomic E-state index is 13.8. The second-order valence-electron chi connectivity index (χ2n) is 10.5. The SMILES string of the molecule is CCc1cc(COc2ccc(C3CCN(C(=O)OC)CC3)cc2C)c(-c2cccc(-n3ncc(C(=O)O)c3C(F)(F)F)n2)s1. The minimum atomic E-state index is -4.95. The predicted molar refractivity (Wildman–Crippen MR) is 157 cm³/mol. The van der Waals surface area contributed by atoms with Gasteiger partial charge in [-0.1, -0.05) is 25.1 Å². The summed E-state index contributed by atoms with van der Waals surface area (Å²) in [5, 5.41) is 13.0. The number of hydrogen-bond donors (Lipinski definition) is 1. The number of hydrogen-bond acceptors (Lipinski definition) is 7. The number of carbonyl (C=O) groups excluding carboxylic acids is 1. The molecular weight excluding hydrogens is 597 g/mol. The van der Waals surface area contributed by atoms with Gasteiger partial charge in [-0.3, -0.25) is 0 Å². The van der Waals surface area contributed by atoms with E-state index in [4.69, 9.17) is 9.47 Å². The number of nitrogens with zero attached hydrogens (tertiary/aromatic N) is 4. The number of likely N-dealkylation sites (tertiary alicyclic amines) is 1. The molecule has 1 N–H and O–H groups in total. The van der Waals surface area contributed by atoms with Crippen molar-refractivity contribution in [3.8, 4) is 22.1 Å². The summed E-state index contributed by atoms with van der Waals surface area (Å²) in [5.74, 6) is -0.830. The molecule has 1 fully saturated rings. The molecule has 0 radical (unpaired) electrons. The number of methoxy groups -OCH3 is 1. The molecule has 1 saturated heterocycles. The van der Waals surface area contributed by atoms with Crippen LogP contribution in [-0.2, 0) is 23.9 Å². The van der Waals surface area contributed by atoms with Crippen molar-refractivity contribution < 1.29 is 37.3 Å². The van der Waals surface area contributed by atoms with Crippen molar-refractivity contribution in [2.24, 2.45) is 0 Å². The Bertz CT molecular complexity index is 1670. The quantitative estimate of drug-likeness (QED) is 0.222. The Morgan fingerprint density at radius 3 is 2.52 bits per heavy atom. The van der Waals surface area contributed by atoms with Gasteiger partial charge in [0.05, 0.1) is 23.9 Å². The zero-order valence-electron chi connectivity index (χ0n) is 24.3. The number of aromatic nitrogens is 3. The van der Waals surface area contributed by atoms with E-state index in [1.165, 1.54) is 30.1 Å². The first-order valence-corrected chi connectivity index (χ1v) is 14.9. The predicted octanol–water partition coefficient (Wildman–Crippen LogP) is 7.11. The maximum atomic E-state index is 13.8. The Hall–Kier alpha value is -4.39. The van der Waals surface area contributed by atoms with Gasteiger partial charge >= 0.3 is 18.2 Å². The van der Waals surface area contributed by atoms with Gasteiger partial charge in [-0.2, -0.15) is 18.3 Å². The second kappa shape index (κ2) is 12.7. The van der Waals surface area contributed by atoms with Gasteiger partial charge in [0.1, 0.15) is 17.9 Å². The summed E-state index contributed by atoms with van der Waals surface area (Å²) >= 11 is 1.48. The van der Waals surface area contributed by atoms with Gasteiger partial charge in [0.15, 0.2) is 11.5 Å². The van der Waals surface area contributed by atoms with Crippen LogP contribution in [0.5, 0.6) is 5.75 Å². The molecule has 1 amide bonds. The van der Waals surface area contributed by atoms with E-state index in [1.807, 2.05) is 32.0 Å². The molecule has 232 valence electrons. The standard InChI is InChI=1S/C31H31F3N4O5S/c1-4-22-15-21(17-43-25-9-8-20(14-18(25)2)19-10-12-37(13-11-19)30(41)42-3)27(44-22)24-6-5-7-26(36-24)38-28(31(32,33)34)23(16-35-38)29(39)40/h5-9,14-16,19H,4,10-13,17H2,1-3H3,(H,39,40). The van der Waals surface area contributed by atoms with Crippen LogP contribution in [0.1, 0.15) is 63.3 Å². The van der Waals surface area contributed by atoms with Crippen LogP contribution in [0.4, 0.5) is 18.0 Å². The molecule has 0 spiro atoms. The number of pyridine rings is 1. The third-order valence-electron chi connectivity index (χ3n) is 7.64. The van der Waals surface area contributed by atoms with Gasteiger partial charge in [-0.05, 0) is 67.5 Å². The largest absolute Gasteiger partial charge is 0.489 e. The van der Waals surface area contributed by atoms with E-state index in [1.54, 1.807) is 17.0 Å². The van der Waals surface area contributed by atoms with E-state index in [9.17, 15) is 27.9 Å². The molecular formula is C31H31F3N4O5S. The van der Waals surface area contributed by atoms with E-state index >= 15 is 0 Å².